The largest absolute Gasteiger partial charge is 0.271 e. The van der Waals surface area contributed by atoms with E-state index in [-0.39, 0.29) is 6.04 Å². The highest BCUT2D eigenvalue weighted by atomic mass is 32.2. The summed E-state index contributed by atoms with van der Waals surface area (Å²) in [5, 5.41) is 4.20. The van der Waals surface area contributed by atoms with E-state index < -0.39 is 10.0 Å². The number of hydrogen-bond acceptors (Lipinski definition) is 3. The molecule has 3 atom stereocenters. The number of hydrogen-bond donors (Lipinski definition) is 1. The molecule has 5 nitrogen and oxygen atoms in total. The maximum absolute atomic E-state index is 12.6. The molecule has 1 aliphatic rings. The molecule has 1 saturated carbocycles. The first-order valence-electron chi connectivity index (χ1n) is 7.26. The van der Waals surface area contributed by atoms with Crippen molar-refractivity contribution < 1.29 is 8.42 Å². The summed E-state index contributed by atoms with van der Waals surface area (Å²) < 4.78 is 29.8. The van der Waals surface area contributed by atoms with Gasteiger partial charge >= 0.3 is 0 Å². The van der Waals surface area contributed by atoms with E-state index in [9.17, 15) is 8.42 Å². The Hall–Kier alpha value is -0.880. The van der Waals surface area contributed by atoms with Crippen LogP contribution in [0.2, 0.25) is 0 Å². The first-order chi connectivity index (χ1) is 9.24. The molecule has 1 aliphatic carbocycles. The Balaban J connectivity index is 2.27. The molecule has 1 aromatic rings. The molecule has 1 aromatic heterocycles. The van der Waals surface area contributed by atoms with Crippen molar-refractivity contribution in [3.8, 4) is 0 Å². The molecule has 1 heterocycles. The molecule has 0 spiro atoms. The second kappa shape index (κ2) is 5.48. The Kier molecular flexibility index (Phi) is 4.25. The zero-order valence-corrected chi connectivity index (χ0v) is 13.8. The van der Waals surface area contributed by atoms with Gasteiger partial charge in [0.1, 0.15) is 4.90 Å². The van der Waals surface area contributed by atoms with Crippen molar-refractivity contribution in [2.24, 2.45) is 18.9 Å². The van der Waals surface area contributed by atoms with Crippen LogP contribution in [-0.2, 0) is 17.1 Å². The average molecular weight is 299 g/mol. The fraction of sp³-hybridized carbons (Fsp3) is 0.786. The Morgan fingerprint density at radius 3 is 2.45 bits per heavy atom. The van der Waals surface area contributed by atoms with Crippen LogP contribution in [0.4, 0.5) is 0 Å². The SMILES string of the molecule is Cc1nn(C)c(C)c1S(=O)(=O)NC1CCCC(C)C1C. The van der Waals surface area contributed by atoms with Gasteiger partial charge in [-0.05, 0) is 32.1 Å². The summed E-state index contributed by atoms with van der Waals surface area (Å²) >= 11 is 0. The molecule has 1 N–H and O–H groups in total. The molecule has 1 fully saturated rings. The van der Waals surface area contributed by atoms with Crippen molar-refractivity contribution in [1.29, 1.82) is 0 Å². The zero-order valence-electron chi connectivity index (χ0n) is 13.0. The third-order valence-corrected chi connectivity index (χ3v) is 6.47. The monoisotopic (exact) mass is 299 g/mol. The standard InChI is InChI=1S/C14H25N3O2S/c1-9-7-6-8-13(10(9)2)16-20(18,19)14-11(3)15-17(5)12(14)4/h9-10,13,16H,6-8H2,1-5H3. The van der Waals surface area contributed by atoms with Crippen molar-refractivity contribution in [2.45, 2.75) is 57.9 Å². The quantitative estimate of drug-likeness (QED) is 0.930. The molecule has 6 heteroatoms. The maximum Gasteiger partial charge on any atom is 0.244 e. The highest BCUT2D eigenvalue weighted by Crippen LogP contribution is 2.31. The lowest BCUT2D eigenvalue weighted by atomic mass is 9.78. The van der Waals surface area contributed by atoms with E-state index in [2.05, 4.69) is 23.7 Å². The van der Waals surface area contributed by atoms with Crippen LogP contribution >= 0.6 is 0 Å². The van der Waals surface area contributed by atoms with Crippen LogP contribution in [0.3, 0.4) is 0 Å². The van der Waals surface area contributed by atoms with Crippen molar-refractivity contribution in [3.05, 3.63) is 11.4 Å². The van der Waals surface area contributed by atoms with Gasteiger partial charge in [-0.15, -0.1) is 0 Å². The van der Waals surface area contributed by atoms with E-state index in [1.54, 1.807) is 25.6 Å². The summed E-state index contributed by atoms with van der Waals surface area (Å²) in [6.45, 7) is 7.88. The predicted octanol–water partition coefficient (Wildman–Crippen LogP) is 2.14. The fourth-order valence-electron chi connectivity index (χ4n) is 3.15. The number of nitrogens with one attached hydrogen (secondary N) is 1. The minimum Gasteiger partial charge on any atom is -0.271 e. The summed E-state index contributed by atoms with van der Waals surface area (Å²) in [7, 11) is -1.72. The van der Waals surface area contributed by atoms with E-state index >= 15 is 0 Å². The molecule has 0 bridgehead atoms. The van der Waals surface area contributed by atoms with E-state index in [4.69, 9.17) is 0 Å². The van der Waals surface area contributed by atoms with Crippen LogP contribution in [0.5, 0.6) is 0 Å². The summed E-state index contributed by atoms with van der Waals surface area (Å²) in [5.74, 6) is 0.934. The summed E-state index contributed by atoms with van der Waals surface area (Å²) in [6, 6.07) is 0.0303. The fourth-order valence-corrected chi connectivity index (χ4v) is 4.95. The Morgan fingerprint density at radius 2 is 1.90 bits per heavy atom. The highest BCUT2D eigenvalue weighted by Gasteiger charge is 2.32. The number of aryl methyl sites for hydroxylation is 2. The number of rotatable bonds is 3. The minimum absolute atomic E-state index is 0.0303. The van der Waals surface area contributed by atoms with Crippen LogP contribution < -0.4 is 4.72 Å². The van der Waals surface area contributed by atoms with E-state index in [0.29, 0.717) is 28.1 Å². The second-order valence-electron chi connectivity index (χ2n) is 6.12. The molecule has 20 heavy (non-hydrogen) atoms. The Morgan fingerprint density at radius 1 is 1.25 bits per heavy atom. The number of sulfonamides is 1. The first kappa shape index (κ1) is 15.5. The predicted molar refractivity (Wildman–Crippen MR) is 79.0 cm³/mol. The third-order valence-electron chi connectivity index (χ3n) is 4.72. The van der Waals surface area contributed by atoms with Crippen LogP contribution in [0.15, 0.2) is 4.90 Å². The summed E-state index contributed by atoms with van der Waals surface area (Å²) in [5.41, 5.74) is 1.25. The van der Waals surface area contributed by atoms with Gasteiger partial charge in [-0.3, -0.25) is 4.68 Å². The van der Waals surface area contributed by atoms with Crippen LogP contribution in [0.25, 0.3) is 0 Å². The maximum atomic E-state index is 12.6. The van der Waals surface area contributed by atoms with Gasteiger partial charge in [-0.25, -0.2) is 13.1 Å². The number of aromatic nitrogens is 2. The van der Waals surface area contributed by atoms with Crippen molar-refractivity contribution in [3.63, 3.8) is 0 Å². The normalized spacial score (nSPS) is 27.8. The van der Waals surface area contributed by atoms with Gasteiger partial charge < -0.3 is 0 Å². The Bertz CT molecular complexity index is 592. The highest BCUT2D eigenvalue weighted by molar-refractivity contribution is 7.89. The lowest BCUT2D eigenvalue weighted by Gasteiger charge is -2.34. The molecule has 0 amide bonds. The molecule has 0 radical (unpaired) electrons. The van der Waals surface area contributed by atoms with E-state index in [1.807, 2.05) is 0 Å². The van der Waals surface area contributed by atoms with Gasteiger partial charge in [0.25, 0.3) is 0 Å². The van der Waals surface area contributed by atoms with E-state index in [1.165, 1.54) is 6.42 Å². The zero-order chi connectivity index (χ0) is 15.1. The van der Waals surface area contributed by atoms with Crippen LogP contribution in [0, 0.1) is 25.7 Å². The van der Waals surface area contributed by atoms with Gasteiger partial charge in [0.2, 0.25) is 10.0 Å². The van der Waals surface area contributed by atoms with Gasteiger partial charge in [-0.1, -0.05) is 26.7 Å². The van der Waals surface area contributed by atoms with Crippen LogP contribution in [-0.4, -0.2) is 24.2 Å². The second-order valence-corrected chi connectivity index (χ2v) is 7.77. The first-order valence-corrected chi connectivity index (χ1v) is 8.75. The molecule has 114 valence electrons. The van der Waals surface area contributed by atoms with Gasteiger partial charge in [0.15, 0.2) is 0 Å². The molecule has 3 unspecified atom stereocenters. The molecular formula is C14H25N3O2S. The molecule has 0 saturated heterocycles. The van der Waals surface area contributed by atoms with Gasteiger partial charge in [-0.2, -0.15) is 5.10 Å². The van der Waals surface area contributed by atoms with E-state index in [0.717, 1.165) is 12.8 Å². The molecule has 0 aliphatic heterocycles. The topological polar surface area (TPSA) is 64.0 Å². The lowest BCUT2D eigenvalue weighted by molar-refractivity contribution is 0.227. The minimum atomic E-state index is -3.49. The lowest BCUT2D eigenvalue weighted by Crippen LogP contribution is -2.43. The van der Waals surface area contributed by atoms with Crippen molar-refractivity contribution >= 4 is 10.0 Å². The van der Waals surface area contributed by atoms with Crippen molar-refractivity contribution in [1.82, 2.24) is 14.5 Å². The average Bonchev–Trinajstić information content (AvgIpc) is 2.59. The van der Waals surface area contributed by atoms with Gasteiger partial charge in [0, 0.05) is 13.1 Å². The molecule has 2 rings (SSSR count). The number of nitrogens with zero attached hydrogens (tertiary/aromatic N) is 2. The van der Waals surface area contributed by atoms with Crippen molar-refractivity contribution in [2.75, 3.05) is 0 Å². The summed E-state index contributed by atoms with van der Waals surface area (Å²) in [4.78, 5) is 0.338. The molecule has 0 aromatic carbocycles. The molecular weight excluding hydrogens is 274 g/mol. The smallest absolute Gasteiger partial charge is 0.244 e. The van der Waals surface area contributed by atoms with Crippen LogP contribution in [0.1, 0.15) is 44.5 Å². The van der Waals surface area contributed by atoms with Gasteiger partial charge in [0.05, 0.1) is 11.4 Å². The summed E-state index contributed by atoms with van der Waals surface area (Å²) in [6.07, 6.45) is 3.19. The third kappa shape index (κ3) is 2.76. The Labute approximate surface area is 121 Å².